The number of hydrogen-bond acceptors (Lipinski definition) is 12. The normalized spacial score (nSPS) is 8.73. The third kappa shape index (κ3) is 161. The van der Waals surface area contributed by atoms with Crippen LogP contribution in [-0.2, 0) is 6.42 Å². The van der Waals surface area contributed by atoms with Crippen molar-refractivity contribution in [3.05, 3.63) is 205 Å². The number of rotatable bonds is 1. The molecule has 2 fully saturated rings. The number of nitrogens with zero attached hydrogens (tertiary/aromatic N) is 12. The molecule has 11 rings (SSSR count). The molecule has 0 saturated heterocycles. The lowest BCUT2D eigenvalue weighted by atomic mass is 9.88. The first-order valence-electron chi connectivity index (χ1n) is 43.0. The van der Waals surface area contributed by atoms with Gasteiger partial charge in [-0.1, -0.05) is 458 Å². The molecule has 632 valence electrons. The first-order chi connectivity index (χ1) is 52.5. The van der Waals surface area contributed by atoms with Gasteiger partial charge in [0.25, 0.3) is 0 Å². The molecule has 3 aliphatic carbocycles. The van der Waals surface area contributed by atoms with E-state index in [2.05, 4.69) is 193 Å². The molecule has 0 N–H and O–H groups in total. The highest BCUT2D eigenvalue weighted by Gasteiger charge is 2.12. The zero-order valence-electron chi connectivity index (χ0n) is 81.4. The molecule has 12 heteroatoms. The highest BCUT2D eigenvalue weighted by atomic mass is 15.1. The van der Waals surface area contributed by atoms with E-state index < -0.39 is 0 Å². The predicted molar refractivity (Wildman–Crippen MR) is 501 cm³/mol. The van der Waals surface area contributed by atoms with Crippen LogP contribution in [0.1, 0.15) is 376 Å². The van der Waals surface area contributed by atoms with Crippen LogP contribution in [0.2, 0.25) is 0 Å². The standard InChI is InChI=1S/C11H10.C8H10.C7H8.C5H10.4C4H5N3.C4H8.C4H6.20C2H6/c1-9-5-4-7-10-6-2-3-8-11(9)10;1-2-8-6-4-3-5-7-8;1-7-5-3-2-4-6-7;1-5-3-2-4-5;1-4-6-2-5-3-7-4;1-4-2-6-7-3-5-4;1-4-2-5-3-6-7-4;1-4-5-2-3-6-7-4;2*1-4-2-3-4;20*1-2/h2-8H,1H3;3-7H,2H2,1H3;2-6H,1H3;5H,2-4H2,1H3;4*2-3H,1H3;4H,2-3H2,1H3;2-4H,1H3;20*1-2H3. The van der Waals surface area contributed by atoms with Gasteiger partial charge in [-0.25, -0.2) is 29.9 Å². The third-order valence-electron chi connectivity index (χ3n) is 9.48. The Kier molecular flexibility index (Phi) is 242. The van der Waals surface area contributed by atoms with Crippen LogP contribution in [-0.4, -0.2) is 60.5 Å². The van der Waals surface area contributed by atoms with Crippen molar-refractivity contribution in [1.82, 2.24) is 60.5 Å². The summed E-state index contributed by atoms with van der Waals surface area (Å²) in [6, 6.07) is 35.5. The van der Waals surface area contributed by atoms with E-state index in [1.165, 1.54) is 84.9 Å². The van der Waals surface area contributed by atoms with Gasteiger partial charge in [0.05, 0.1) is 30.0 Å². The minimum absolute atomic E-state index is 0.711. The summed E-state index contributed by atoms with van der Waals surface area (Å²) in [7, 11) is 0. The molecule has 4 heterocycles. The molecule has 2 saturated carbocycles. The number of hydrogen-bond donors (Lipinski definition) is 0. The van der Waals surface area contributed by atoms with Crippen molar-refractivity contribution in [2.45, 2.75) is 385 Å². The highest BCUT2D eigenvalue weighted by molar-refractivity contribution is 5.85. The van der Waals surface area contributed by atoms with Crippen molar-refractivity contribution in [3.8, 4) is 0 Å². The summed E-state index contributed by atoms with van der Waals surface area (Å²) < 4.78 is 0. The fourth-order valence-electron chi connectivity index (χ4n) is 4.75. The summed E-state index contributed by atoms with van der Waals surface area (Å²) in [5.41, 5.74) is 5.83. The Morgan fingerprint density at radius 3 is 0.879 bits per heavy atom. The van der Waals surface area contributed by atoms with Crippen molar-refractivity contribution >= 4 is 10.8 Å². The van der Waals surface area contributed by atoms with Gasteiger partial charge in [-0.3, -0.25) is 0 Å². The monoisotopic (exact) mass is 1500 g/mol. The molecule has 0 atom stereocenters. The first kappa shape index (κ1) is 149. The van der Waals surface area contributed by atoms with Gasteiger partial charge >= 0.3 is 0 Å². The van der Waals surface area contributed by atoms with Crippen LogP contribution in [0, 0.1) is 59.3 Å². The van der Waals surface area contributed by atoms with Gasteiger partial charge in [0.15, 0.2) is 0 Å². The molecule has 0 radical (unpaired) electrons. The topological polar surface area (TPSA) is 155 Å². The van der Waals surface area contributed by atoms with E-state index in [4.69, 9.17) is 0 Å². The van der Waals surface area contributed by atoms with Gasteiger partial charge in [0.1, 0.15) is 37.0 Å². The summed E-state index contributed by atoms with van der Waals surface area (Å²) in [6.45, 7) is 100. The molecule has 107 heavy (non-hydrogen) atoms. The maximum Gasteiger partial charge on any atom is 0.147 e. The van der Waals surface area contributed by atoms with Crippen molar-refractivity contribution in [2.75, 3.05) is 0 Å². The largest absolute Gasteiger partial charge is 0.241 e. The van der Waals surface area contributed by atoms with Crippen molar-refractivity contribution in [1.29, 1.82) is 0 Å². The van der Waals surface area contributed by atoms with Gasteiger partial charge in [-0.15, -0.1) is 15.3 Å². The zero-order valence-corrected chi connectivity index (χ0v) is 81.4. The Hall–Kier alpha value is -7.08. The molecule has 0 bridgehead atoms. The Labute approximate surface area is 675 Å². The minimum atomic E-state index is 0.711. The number of aromatic nitrogens is 12. The van der Waals surface area contributed by atoms with Gasteiger partial charge in [0.2, 0.25) is 0 Å². The predicted octanol–water partition coefficient (Wildman–Crippen LogP) is 33.1. The van der Waals surface area contributed by atoms with Gasteiger partial charge in [-0.2, -0.15) is 15.3 Å². The number of allylic oxidation sites excluding steroid dienone is 2. The molecule has 0 unspecified atom stereocenters. The number of fused-ring (bicyclic) bond motifs is 1. The molecule has 0 aliphatic heterocycles. The Morgan fingerprint density at radius 2 is 0.682 bits per heavy atom. The second-order valence-electron chi connectivity index (χ2n) is 16.1. The number of aryl methyl sites for hydroxylation is 7. The molecular formula is C95H192N12. The van der Waals surface area contributed by atoms with Crippen molar-refractivity contribution in [3.63, 3.8) is 0 Å². The van der Waals surface area contributed by atoms with E-state index >= 15 is 0 Å². The van der Waals surface area contributed by atoms with Crippen molar-refractivity contribution < 1.29 is 0 Å². The van der Waals surface area contributed by atoms with E-state index in [1.54, 1.807) is 31.7 Å². The minimum Gasteiger partial charge on any atom is -0.241 e. The Bertz CT molecular complexity index is 2150. The molecule has 8 aromatic rings. The summed E-state index contributed by atoms with van der Waals surface area (Å²) >= 11 is 0. The van der Waals surface area contributed by atoms with Gasteiger partial charge in [0, 0.05) is 6.20 Å². The van der Waals surface area contributed by atoms with Crippen LogP contribution in [0.5, 0.6) is 0 Å². The molecule has 12 nitrogen and oxygen atoms in total. The summed E-state index contributed by atoms with van der Waals surface area (Å²) in [6.07, 6.45) is 25.1. The maximum absolute atomic E-state index is 3.81. The smallest absolute Gasteiger partial charge is 0.147 e. The molecule has 3 aliphatic rings. The van der Waals surface area contributed by atoms with E-state index in [1.807, 2.05) is 322 Å². The van der Waals surface area contributed by atoms with Crippen LogP contribution in [0.3, 0.4) is 0 Å². The van der Waals surface area contributed by atoms with Gasteiger partial charge in [-0.05, 0) is 87.6 Å². The van der Waals surface area contributed by atoms with Crippen LogP contribution in [0.15, 0.2) is 165 Å². The zero-order chi connectivity index (χ0) is 88.7. The second-order valence-corrected chi connectivity index (χ2v) is 16.1. The van der Waals surface area contributed by atoms with Crippen LogP contribution in [0.4, 0.5) is 0 Å². The molecule has 0 amide bonds. The Balaban J connectivity index is -0.0000000452. The summed E-state index contributed by atoms with van der Waals surface area (Å²) in [5.74, 6) is 4.45. The highest BCUT2D eigenvalue weighted by Crippen LogP contribution is 2.26. The van der Waals surface area contributed by atoms with Crippen LogP contribution in [0.25, 0.3) is 10.8 Å². The molecular weight excluding hydrogens is 1310 g/mol. The van der Waals surface area contributed by atoms with E-state index in [9.17, 15) is 0 Å². The lowest BCUT2D eigenvalue weighted by molar-refractivity contribution is 0.346. The van der Waals surface area contributed by atoms with Gasteiger partial charge < -0.3 is 0 Å². The number of benzene rings is 4. The fraction of sp³-hybridized carbons (Fsp3) is 0.621. The van der Waals surface area contributed by atoms with E-state index in [-0.39, 0.29) is 0 Å². The third-order valence-corrected chi connectivity index (χ3v) is 9.48. The lowest BCUT2D eigenvalue weighted by Gasteiger charge is -2.18. The second kappa shape index (κ2) is 174. The quantitative estimate of drug-likeness (QED) is 0.144. The van der Waals surface area contributed by atoms with E-state index in [0.29, 0.717) is 5.82 Å². The fourth-order valence-corrected chi connectivity index (χ4v) is 4.75. The van der Waals surface area contributed by atoms with Crippen molar-refractivity contribution in [2.24, 2.45) is 17.8 Å². The summed E-state index contributed by atoms with van der Waals surface area (Å²) in [4.78, 5) is 22.5. The average Bonchev–Trinajstić information content (AvgIpc) is 1.61. The molecule has 4 aromatic heterocycles. The molecule has 0 spiro atoms. The SMILES string of the molecule is CC.CC.CC.CC.CC.CC.CC.CC.CC.CC.CC.CC.CC.CC.CC.CC.CC.CC.CC.CC.CC1C=C1.CC1CC1.CC1CCC1.CCc1ccccc1.Cc1cccc2ccccc12.Cc1ccccc1.Cc1cncnn1.Cc1cnncn1.Cc1nccnn1.Cc1ncncn1. The lowest BCUT2D eigenvalue weighted by Crippen LogP contribution is -2.04. The first-order valence-corrected chi connectivity index (χ1v) is 43.0. The van der Waals surface area contributed by atoms with E-state index in [0.717, 1.165) is 41.4 Å². The summed E-state index contributed by atoms with van der Waals surface area (Å²) in [5, 5.41) is 24.1. The Morgan fingerprint density at radius 1 is 0.308 bits per heavy atom. The van der Waals surface area contributed by atoms with Crippen LogP contribution < -0.4 is 0 Å². The van der Waals surface area contributed by atoms with Crippen LogP contribution >= 0.6 is 0 Å². The average molecular weight is 1500 g/mol. The molecule has 4 aromatic carbocycles. The maximum atomic E-state index is 3.81.